The highest BCUT2D eigenvalue weighted by Crippen LogP contribution is 2.45. The van der Waals surface area contributed by atoms with Gasteiger partial charge in [-0.15, -0.1) is 0 Å². The topological polar surface area (TPSA) is 120 Å². The predicted molar refractivity (Wildman–Crippen MR) is 201 cm³/mol. The lowest BCUT2D eigenvalue weighted by atomic mass is 9.99. The van der Waals surface area contributed by atoms with Crippen molar-refractivity contribution in [1.29, 1.82) is 0 Å². The molecule has 4 fully saturated rings. The molecular weight excluding hydrogens is 724 g/mol. The first-order valence-corrected chi connectivity index (χ1v) is 19.4. The van der Waals surface area contributed by atoms with Crippen LogP contribution in [0.5, 0.6) is 0 Å². The Morgan fingerprint density at radius 2 is 1.14 bits per heavy atom. The molecular formula is C43H56O13. The zero-order valence-corrected chi connectivity index (χ0v) is 33.0. The number of benzene rings is 3. The van der Waals surface area contributed by atoms with E-state index in [0.29, 0.717) is 26.4 Å². The van der Waals surface area contributed by atoms with Crippen LogP contribution < -0.4 is 0 Å². The monoisotopic (exact) mass is 780 g/mol. The second kappa shape index (κ2) is 18.8. The van der Waals surface area contributed by atoms with Gasteiger partial charge in [-0.3, -0.25) is 0 Å². The first-order valence-electron chi connectivity index (χ1n) is 19.4. The van der Waals surface area contributed by atoms with E-state index in [9.17, 15) is 0 Å². The van der Waals surface area contributed by atoms with Gasteiger partial charge in [-0.05, 0) is 44.4 Å². The van der Waals surface area contributed by atoms with E-state index in [1.165, 1.54) is 0 Å². The molecule has 0 saturated carbocycles. The van der Waals surface area contributed by atoms with Crippen molar-refractivity contribution < 1.29 is 61.6 Å². The highest BCUT2D eigenvalue weighted by molar-refractivity contribution is 5.16. The zero-order chi connectivity index (χ0) is 39.0. The second-order valence-electron chi connectivity index (χ2n) is 15.3. The Bertz CT molecular complexity index is 1610. The number of fused-ring (bicyclic) bond motifs is 3. The minimum atomic E-state index is -1.52. The Balaban J connectivity index is 1.18. The van der Waals surface area contributed by atoms with Crippen LogP contribution in [0.25, 0.3) is 0 Å². The van der Waals surface area contributed by atoms with Crippen LogP contribution in [0.1, 0.15) is 44.4 Å². The molecule has 3 aromatic carbocycles. The van der Waals surface area contributed by atoms with Gasteiger partial charge in [0.15, 0.2) is 17.9 Å². The summed E-state index contributed by atoms with van der Waals surface area (Å²) in [7, 11) is 1.62. The summed E-state index contributed by atoms with van der Waals surface area (Å²) in [6.07, 6.45) is -4.88. The van der Waals surface area contributed by atoms with Crippen LogP contribution in [0.15, 0.2) is 91.0 Å². The van der Waals surface area contributed by atoms with Crippen LogP contribution in [0.2, 0.25) is 0 Å². The summed E-state index contributed by atoms with van der Waals surface area (Å²) in [6.45, 7) is 9.27. The molecule has 13 heteroatoms. The molecule has 0 radical (unpaired) electrons. The molecule has 0 spiro atoms. The fraction of sp³-hybridized carbons (Fsp3) is 0.581. The van der Waals surface area contributed by atoms with E-state index in [1.807, 2.05) is 119 Å². The van der Waals surface area contributed by atoms with Gasteiger partial charge in [0, 0.05) is 7.11 Å². The maximum Gasteiger partial charge on any atom is 0.222 e. The quantitative estimate of drug-likeness (QED) is 0.106. The lowest BCUT2D eigenvalue weighted by Gasteiger charge is -2.40. The smallest absolute Gasteiger partial charge is 0.222 e. The molecule has 9 atom stereocenters. The van der Waals surface area contributed by atoms with Gasteiger partial charge in [-0.2, -0.15) is 0 Å². The summed E-state index contributed by atoms with van der Waals surface area (Å²) in [5.41, 5.74) is 3.01. The summed E-state index contributed by atoms with van der Waals surface area (Å²) in [6, 6.07) is 29.9. The van der Waals surface area contributed by atoms with Crippen molar-refractivity contribution in [3.05, 3.63) is 108 Å². The van der Waals surface area contributed by atoms with Crippen LogP contribution >= 0.6 is 0 Å². The number of rotatable bonds is 20. The van der Waals surface area contributed by atoms with Gasteiger partial charge in [0.25, 0.3) is 0 Å². The summed E-state index contributed by atoms with van der Waals surface area (Å²) in [5.74, 6) is -3.27. The molecule has 0 unspecified atom stereocenters. The third-order valence-electron chi connectivity index (χ3n) is 10.0. The van der Waals surface area contributed by atoms with Crippen LogP contribution in [0, 0.1) is 0 Å². The zero-order valence-electron chi connectivity index (χ0n) is 33.0. The third-order valence-corrected chi connectivity index (χ3v) is 10.0. The molecule has 0 aliphatic carbocycles. The van der Waals surface area contributed by atoms with E-state index in [-0.39, 0.29) is 33.2 Å². The van der Waals surface area contributed by atoms with Crippen LogP contribution in [0.3, 0.4) is 0 Å². The lowest BCUT2D eigenvalue weighted by Crippen LogP contribution is -2.58. The molecule has 7 rings (SSSR count). The third kappa shape index (κ3) is 10.4. The van der Waals surface area contributed by atoms with Crippen LogP contribution in [-0.2, 0) is 81.4 Å². The van der Waals surface area contributed by atoms with E-state index >= 15 is 0 Å². The number of hydrogen-bond acceptors (Lipinski definition) is 13. The van der Waals surface area contributed by atoms with Crippen molar-refractivity contribution in [3.8, 4) is 0 Å². The summed E-state index contributed by atoms with van der Waals surface area (Å²) < 4.78 is 82.8. The minimum Gasteiger partial charge on any atom is -0.382 e. The number of hydrogen-bond donors (Lipinski definition) is 0. The molecule has 4 aliphatic rings. The van der Waals surface area contributed by atoms with Crippen molar-refractivity contribution >= 4 is 0 Å². The molecule has 306 valence electrons. The average Bonchev–Trinajstić information content (AvgIpc) is 3.80. The van der Waals surface area contributed by atoms with Crippen molar-refractivity contribution in [2.75, 3.05) is 46.9 Å². The molecule has 4 heterocycles. The highest BCUT2D eigenvalue weighted by atomic mass is 16.9. The summed E-state index contributed by atoms with van der Waals surface area (Å²) >= 11 is 0. The van der Waals surface area contributed by atoms with Gasteiger partial charge in [-0.1, -0.05) is 91.0 Å². The van der Waals surface area contributed by atoms with Gasteiger partial charge >= 0.3 is 0 Å². The second-order valence-corrected chi connectivity index (χ2v) is 15.3. The molecule has 4 aliphatic heterocycles. The molecule has 56 heavy (non-hydrogen) atoms. The van der Waals surface area contributed by atoms with E-state index in [1.54, 1.807) is 7.11 Å². The Kier molecular flexibility index (Phi) is 13.9. The highest BCUT2D eigenvalue weighted by Gasteiger charge is 2.63. The summed E-state index contributed by atoms with van der Waals surface area (Å²) in [5, 5.41) is 0. The molecule has 13 nitrogen and oxygen atoms in total. The first-order chi connectivity index (χ1) is 27.1. The van der Waals surface area contributed by atoms with E-state index in [0.717, 1.165) is 16.7 Å². The molecule has 4 saturated heterocycles. The molecule has 3 aromatic rings. The van der Waals surface area contributed by atoms with Gasteiger partial charge < -0.3 is 61.6 Å². The average molecular weight is 781 g/mol. The minimum absolute atomic E-state index is 0.00962. The van der Waals surface area contributed by atoms with Crippen molar-refractivity contribution in [3.63, 3.8) is 0 Å². The predicted octanol–water partition coefficient (Wildman–Crippen LogP) is 5.52. The normalized spacial score (nSPS) is 31.7. The maximum absolute atomic E-state index is 6.99. The Morgan fingerprint density at radius 1 is 0.554 bits per heavy atom. The van der Waals surface area contributed by atoms with E-state index < -0.39 is 66.4 Å². The fourth-order valence-corrected chi connectivity index (χ4v) is 7.54. The Labute approximate surface area is 329 Å². The number of methoxy groups -OCH3 is 1. The molecule has 0 amide bonds. The van der Waals surface area contributed by atoms with Crippen molar-refractivity contribution in [1.82, 2.24) is 0 Å². The Hall–Kier alpha value is -2.86. The van der Waals surface area contributed by atoms with Crippen LogP contribution in [0.4, 0.5) is 0 Å². The van der Waals surface area contributed by atoms with E-state index in [4.69, 9.17) is 61.6 Å². The number of ether oxygens (including phenoxy) is 13. The van der Waals surface area contributed by atoms with E-state index in [2.05, 4.69) is 0 Å². The van der Waals surface area contributed by atoms with Gasteiger partial charge in [-0.25, -0.2) is 0 Å². The summed E-state index contributed by atoms with van der Waals surface area (Å²) in [4.78, 5) is 0. The maximum atomic E-state index is 6.99. The molecule has 0 bridgehead atoms. The SMILES string of the molecule is COCCOCOC[C@]1(OC[C@H]2O[C@@H]3OC(C)(C)O[C@@H]3[C@H]3OC(C)(C)O[C@H]32)O[C@H](COCc2ccccc2)[C@@H](OCc2ccccc2)[C@@H]1OCc1ccccc1. The molecule has 0 N–H and O–H groups in total. The fourth-order valence-electron chi connectivity index (χ4n) is 7.54. The standard InChI is InChI=1S/C43H56O13/c1-41(2)53-35-33(51-40-38(37(35)54-41)55-42(3,4)56-40)27-50-43(28-47-29-45-22-21-44-5)39(49-25-32-19-13-8-14-20-32)36(48-24-31-17-11-7-12-18-31)34(52-43)26-46-23-30-15-9-6-10-16-30/h6-20,33-40H,21-29H2,1-5H3/t33-,34-,35+,36-,37+,38-,39+,40-,43+/m1/s1. The van der Waals surface area contributed by atoms with Gasteiger partial charge in [0.2, 0.25) is 5.79 Å². The molecule has 0 aromatic heterocycles. The lowest BCUT2D eigenvalue weighted by molar-refractivity contribution is -0.318. The van der Waals surface area contributed by atoms with Gasteiger partial charge in [0.1, 0.15) is 56.1 Å². The van der Waals surface area contributed by atoms with Crippen LogP contribution in [-0.4, -0.2) is 113 Å². The van der Waals surface area contributed by atoms with Crippen molar-refractivity contribution in [2.24, 2.45) is 0 Å². The largest absolute Gasteiger partial charge is 0.382 e. The van der Waals surface area contributed by atoms with Gasteiger partial charge in [0.05, 0.1) is 46.2 Å². The Morgan fingerprint density at radius 3 is 1.80 bits per heavy atom. The first kappa shape index (κ1) is 41.3. The van der Waals surface area contributed by atoms with Crippen molar-refractivity contribution in [2.45, 2.75) is 114 Å².